The number of fused-ring (bicyclic) bond motifs is 1. The number of nitrogens with zero attached hydrogens (tertiary/aromatic N) is 3. The van der Waals surface area contributed by atoms with Crippen molar-refractivity contribution in [3.05, 3.63) is 65.5 Å². The summed E-state index contributed by atoms with van der Waals surface area (Å²) >= 11 is 0. The number of benzene rings is 2. The molecule has 1 saturated heterocycles. The third kappa shape index (κ3) is 8.72. The average Bonchev–Trinajstić information content (AvgIpc) is 3.69. The summed E-state index contributed by atoms with van der Waals surface area (Å²) in [6, 6.07) is 11.7. The number of imide groups is 3. The molecule has 1 aromatic heterocycles. The Morgan fingerprint density at radius 2 is 1.67 bits per heavy atom. The number of oxazole rings is 1. The van der Waals surface area contributed by atoms with Crippen molar-refractivity contribution in [2.24, 2.45) is 17.6 Å². The molecule has 0 spiro atoms. The van der Waals surface area contributed by atoms with Crippen molar-refractivity contribution in [2.45, 2.75) is 111 Å². The van der Waals surface area contributed by atoms with E-state index in [1.807, 2.05) is 32.0 Å². The molecule has 49 heavy (non-hydrogen) atoms. The van der Waals surface area contributed by atoms with Gasteiger partial charge in [0.25, 0.3) is 17.7 Å². The van der Waals surface area contributed by atoms with Crippen LogP contribution in [0.4, 0.5) is 4.79 Å². The van der Waals surface area contributed by atoms with E-state index in [4.69, 9.17) is 19.3 Å². The third-order valence-electron chi connectivity index (χ3n) is 9.74. The maximum atomic E-state index is 14.2. The highest BCUT2D eigenvalue weighted by molar-refractivity contribution is 6.74. The van der Waals surface area contributed by atoms with E-state index in [-0.39, 0.29) is 35.2 Å². The minimum atomic E-state index is -1.97. The number of nitrogens with two attached hydrogens (primary N) is 1. The summed E-state index contributed by atoms with van der Waals surface area (Å²) < 4.78 is 17.8. The largest absolute Gasteiger partial charge is 0.444 e. The van der Waals surface area contributed by atoms with E-state index in [1.165, 1.54) is 0 Å². The van der Waals surface area contributed by atoms with Crippen LogP contribution in [0.3, 0.4) is 0 Å². The Morgan fingerprint density at radius 3 is 2.29 bits per heavy atom. The molecule has 0 unspecified atom stereocenters. The number of hydrogen-bond acceptors (Lipinski definition) is 10. The maximum absolute atomic E-state index is 14.2. The zero-order valence-electron chi connectivity index (χ0n) is 30.3. The Balaban J connectivity index is 1.58. The van der Waals surface area contributed by atoms with Gasteiger partial charge in [-0.2, -0.15) is 4.90 Å². The quantitative estimate of drug-likeness (QED) is 0.161. The summed E-state index contributed by atoms with van der Waals surface area (Å²) in [5.41, 5.74) is 8.81. The van der Waals surface area contributed by atoms with Gasteiger partial charge in [-0.25, -0.2) is 9.78 Å². The number of carbonyl (C=O) groups excluding carboxylic acids is 4. The number of hydrogen-bond donors (Lipinski definition) is 1. The average molecular weight is 693 g/mol. The molecule has 0 bridgehead atoms. The van der Waals surface area contributed by atoms with Gasteiger partial charge in [0.15, 0.2) is 13.9 Å². The van der Waals surface area contributed by atoms with Crippen LogP contribution in [0, 0.1) is 11.8 Å². The lowest BCUT2D eigenvalue weighted by atomic mass is 9.96. The zero-order valence-corrected chi connectivity index (χ0v) is 31.3. The van der Waals surface area contributed by atoms with Gasteiger partial charge in [0.05, 0.1) is 24.7 Å². The molecule has 3 aromatic rings. The molecule has 1 aliphatic heterocycles. The van der Waals surface area contributed by atoms with Gasteiger partial charge in [-0.05, 0) is 72.6 Å². The van der Waals surface area contributed by atoms with Crippen molar-refractivity contribution in [3.63, 3.8) is 0 Å². The van der Waals surface area contributed by atoms with E-state index in [0.717, 1.165) is 5.56 Å². The first-order chi connectivity index (χ1) is 22.9. The number of aromatic nitrogens is 1. The van der Waals surface area contributed by atoms with Crippen LogP contribution in [-0.4, -0.2) is 71.5 Å². The van der Waals surface area contributed by atoms with Gasteiger partial charge in [-0.1, -0.05) is 84.9 Å². The highest BCUT2D eigenvalue weighted by Crippen LogP contribution is 2.37. The zero-order chi connectivity index (χ0) is 36.3. The summed E-state index contributed by atoms with van der Waals surface area (Å²) in [4.78, 5) is 62.1. The second-order valence-corrected chi connectivity index (χ2v) is 20.0. The van der Waals surface area contributed by atoms with Gasteiger partial charge < -0.3 is 19.3 Å². The molecule has 2 aromatic carbocycles. The Bertz CT molecular complexity index is 1650. The van der Waals surface area contributed by atoms with Crippen molar-refractivity contribution in [1.29, 1.82) is 0 Å². The molecular weight excluding hydrogens is 641 g/mol. The van der Waals surface area contributed by atoms with Crippen LogP contribution in [0.2, 0.25) is 18.1 Å². The third-order valence-corrected chi connectivity index (χ3v) is 14.2. The Hall–Kier alpha value is -3.71. The standard InChI is InChI=1S/C37H52N4O7Si/c1-23(2)30(38)35(44)41(36(45)46-21-25-14-11-10-12-15-25)34(43)28-16-13-19-40(28)31(24(3)4)32(42)33-39-27-20-26(17-18-29(27)48-33)22-47-49(8,9)37(5,6)7/h10-12,14-15,17-18,20,23-24,28,30-31H,13,16,19,21-22,38H2,1-9H3/t28-,30-,31-/m0/s1. The van der Waals surface area contributed by atoms with E-state index in [1.54, 1.807) is 49.1 Å². The minimum Gasteiger partial charge on any atom is -0.444 e. The summed E-state index contributed by atoms with van der Waals surface area (Å²) in [6.45, 7) is 18.9. The normalized spacial score (nSPS) is 17.0. The van der Waals surface area contributed by atoms with Crippen LogP contribution in [0.25, 0.3) is 11.1 Å². The molecule has 266 valence electrons. The first kappa shape index (κ1) is 38.1. The summed E-state index contributed by atoms with van der Waals surface area (Å²) in [5.74, 6) is -2.65. The van der Waals surface area contributed by atoms with Gasteiger partial charge in [0, 0.05) is 0 Å². The SMILES string of the molecule is CC(C)[C@H](N)C(=O)N(C(=O)OCc1ccccc1)C(=O)[C@@H]1CCCN1[C@H](C(=O)c1nc2cc(CO[Si](C)(C)C(C)(C)C)ccc2o1)C(C)C. The van der Waals surface area contributed by atoms with Crippen LogP contribution >= 0.6 is 0 Å². The molecule has 12 heteroatoms. The monoisotopic (exact) mass is 692 g/mol. The molecule has 3 amide bonds. The van der Waals surface area contributed by atoms with Gasteiger partial charge in [0.1, 0.15) is 12.1 Å². The predicted molar refractivity (Wildman–Crippen MR) is 190 cm³/mol. The smallest absolute Gasteiger partial charge is 0.423 e. The molecule has 2 heterocycles. The van der Waals surface area contributed by atoms with Gasteiger partial charge in [0.2, 0.25) is 5.78 Å². The number of ketones is 1. The predicted octanol–water partition coefficient (Wildman–Crippen LogP) is 6.70. The molecule has 1 fully saturated rings. The number of likely N-dealkylation sites (tertiary alicyclic amines) is 1. The molecule has 0 aliphatic carbocycles. The van der Waals surface area contributed by atoms with Crippen molar-refractivity contribution in [2.75, 3.05) is 6.54 Å². The molecular formula is C37H52N4O7Si. The van der Waals surface area contributed by atoms with Crippen molar-refractivity contribution in [3.8, 4) is 0 Å². The van der Waals surface area contributed by atoms with E-state index in [2.05, 4.69) is 38.8 Å². The molecule has 2 N–H and O–H groups in total. The van der Waals surface area contributed by atoms with Crippen molar-refractivity contribution in [1.82, 2.24) is 14.8 Å². The fourth-order valence-electron chi connectivity index (χ4n) is 5.65. The lowest BCUT2D eigenvalue weighted by Gasteiger charge is -2.36. The highest BCUT2D eigenvalue weighted by atomic mass is 28.4. The van der Waals surface area contributed by atoms with Crippen molar-refractivity contribution < 1.29 is 32.8 Å². The Labute approximate surface area is 290 Å². The van der Waals surface area contributed by atoms with E-state index >= 15 is 0 Å². The first-order valence-corrected chi connectivity index (χ1v) is 20.0. The topological polar surface area (TPSA) is 145 Å². The summed E-state index contributed by atoms with van der Waals surface area (Å²) in [5, 5.41) is 0.0680. The van der Waals surface area contributed by atoms with Crippen molar-refractivity contribution >= 4 is 43.1 Å². The van der Waals surface area contributed by atoms with Gasteiger partial charge >= 0.3 is 6.09 Å². The van der Waals surface area contributed by atoms with Crippen LogP contribution in [0.1, 0.15) is 83.1 Å². The van der Waals surface area contributed by atoms with Gasteiger partial charge in [-0.15, -0.1) is 0 Å². The fourth-order valence-corrected chi connectivity index (χ4v) is 6.61. The molecule has 1 aliphatic rings. The summed E-state index contributed by atoms with van der Waals surface area (Å²) in [6.07, 6.45) is -0.177. The molecule has 0 radical (unpaired) electrons. The molecule has 4 rings (SSSR count). The first-order valence-electron chi connectivity index (χ1n) is 17.1. The van der Waals surface area contributed by atoms with Crippen LogP contribution in [0.5, 0.6) is 0 Å². The van der Waals surface area contributed by atoms with E-state index in [9.17, 15) is 19.2 Å². The number of ether oxygens (including phenoxy) is 1. The number of Topliss-reactive ketones (excluding diaryl/α,β-unsaturated/α-hetero) is 1. The maximum Gasteiger partial charge on any atom is 0.423 e. The minimum absolute atomic E-state index is 0.0636. The Morgan fingerprint density at radius 1 is 1.00 bits per heavy atom. The Kier molecular flexibility index (Phi) is 12.0. The van der Waals surface area contributed by atoms with E-state index in [0.29, 0.717) is 47.6 Å². The number of amides is 3. The molecule has 11 nitrogen and oxygen atoms in total. The lowest BCUT2D eigenvalue weighted by Crippen LogP contribution is -2.58. The molecule has 0 saturated carbocycles. The van der Waals surface area contributed by atoms with Crippen LogP contribution < -0.4 is 5.73 Å². The lowest BCUT2D eigenvalue weighted by molar-refractivity contribution is -0.147. The number of rotatable bonds is 12. The second-order valence-electron chi connectivity index (χ2n) is 15.1. The fraction of sp³-hybridized carbons (Fsp3) is 0.541. The summed E-state index contributed by atoms with van der Waals surface area (Å²) in [7, 11) is -1.97. The van der Waals surface area contributed by atoms with Crippen LogP contribution in [0.15, 0.2) is 52.9 Å². The second kappa shape index (κ2) is 15.5. The van der Waals surface area contributed by atoms with E-state index < -0.39 is 44.4 Å². The van der Waals surface area contributed by atoms with Gasteiger partial charge in [-0.3, -0.25) is 19.3 Å². The molecule has 3 atom stereocenters. The number of carbonyl (C=O) groups is 4. The highest BCUT2D eigenvalue weighted by Gasteiger charge is 2.46. The van der Waals surface area contributed by atoms with Crippen LogP contribution in [-0.2, 0) is 32.0 Å².